The van der Waals surface area contributed by atoms with Crippen molar-refractivity contribution in [1.29, 1.82) is 0 Å². The van der Waals surface area contributed by atoms with E-state index in [9.17, 15) is 18.0 Å². The average molecular weight is 260 g/mol. The van der Waals surface area contributed by atoms with Gasteiger partial charge in [0.1, 0.15) is 0 Å². The Morgan fingerprint density at radius 3 is 2.65 bits per heavy atom. The molecule has 0 aliphatic rings. The van der Waals surface area contributed by atoms with Crippen LogP contribution >= 0.6 is 0 Å². The Bertz CT molecular complexity index is 575. The van der Waals surface area contributed by atoms with Gasteiger partial charge < -0.3 is 5.11 Å². The van der Waals surface area contributed by atoms with Gasteiger partial charge in [0.15, 0.2) is 15.5 Å². The fraction of sp³-hybridized carbons (Fsp3) is 0.444. The number of carbonyl (C=O) groups is 1. The first-order chi connectivity index (χ1) is 7.85. The molecule has 94 valence electrons. The summed E-state index contributed by atoms with van der Waals surface area (Å²) >= 11 is 0. The van der Waals surface area contributed by atoms with Crippen molar-refractivity contribution in [2.75, 3.05) is 11.5 Å². The van der Waals surface area contributed by atoms with Crippen LogP contribution in [0.2, 0.25) is 0 Å². The molecule has 1 aromatic rings. The minimum absolute atomic E-state index is 0.0274. The maximum Gasteiger partial charge on any atom is 0.356 e. The van der Waals surface area contributed by atoms with E-state index >= 15 is 0 Å². The molecule has 0 saturated carbocycles. The number of rotatable bonds is 5. The molecule has 7 nitrogen and oxygen atoms in total. The molecule has 0 aliphatic carbocycles. The third kappa shape index (κ3) is 3.66. The largest absolute Gasteiger partial charge is 0.476 e. The molecule has 1 heterocycles. The number of carboxylic acids is 1. The molecule has 0 aromatic carbocycles. The average Bonchev–Trinajstić information content (AvgIpc) is 2.27. The van der Waals surface area contributed by atoms with E-state index in [2.05, 4.69) is 5.10 Å². The van der Waals surface area contributed by atoms with Gasteiger partial charge >= 0.3 is 5.97 Å². The van der Waals surface area contributed by atoms with Crippen LogP contribution in [0.4, 0.5) is 0 Å². The van der Waals surface area contributed by atoms with Crippen LogP contribution in [0, 0.1) is 0 Å². The molecular weight excluding hydrogens is 248 g/mol. The normalized spacial score (nSPS) is 11.4. The van der Waals surface area contributed by atoms with E-state index in [0.717, 1.165) is 16.8 Å². The van der Waals surface area contributed by atoms with Crippen LogP contribution in [0.3, 0.4) is 0 Å². The fourth-order valence-corrected chi connectivity index (χ4v) is 1.83. The molecule has 1 rings (SSSR count). The van der Waals surface area contributed by atoms with Crippen molar-refractivity contribution >= 4 is 15.8 Å². The second-order valence-corrected chi connectivity index (χ2v) is 5.79. The second-order valence-electron chi connectivity index (χ2n) is 3.32. The van der Waals surface area contributed by atoms with Crippen LogP contribution in [0.1, 0.15) is 17.4 Å². The van der Waals surface area contributed by atoms with E-state index in [0.29, 0.717) is 0 Å². The number of sulfone groups is 1. The molecule has 1 aromatic heterocycles. The Hall–Kier alpha value is -1.70. The van der Waals surface area contributed by atoms with E-state index in [1.165, 1.54) is 6.92 Å². The zero-order chi connectivity index (χ0) is 13.1. The summed E-state index contributed by atoms with van der Waals surface area (Å²) in [6, 6.07) is 2.13. The lowest BCUT2D eigenvalue weighted by atomic mass is 10.4. The van der Waals surface area contributed by atoms with Gasteiger partial charge in [-0.2, -0.15) is 5.10 Å². The van der Waals surface area contributed by atoms with Crippen LogP contribution in [-0.2, 0) is 16.4 Å². The summed E-state index contributed by atoms with van der Waals surface area (Å²) in [7, 11) is -3.21. The van der Waals surface area contributed by atoms with E-state index in [4.69, 9.17) is 5.11 Å². The molecule has 0 aliphatic heterocycles. The first-order valence-electron chi connectivity index (χ1n) is 4.87. The molecule has 0 fully saturated rings. The van der Waals surface area contributed by atoms with Crippen LogP contribution in [0.5, 0.6) is 0 Å². The second kappa shape index (κ2) is 5.09. The Labute approximate surface area is 97.6 Å². The summed E-state index contributed by atoms with van der Waals surface area (Å²) in [5, 5.41) is 12.2. The van der Waals surface area contributed by atoms with Crippen molar-refractivity contribution in [3.8, 4) is 0 Å². The predicted octanol–water partition coefficient (Wildman–Crippen LogP) is -0.624. The molecule has 17 heavy (non-hydrogen) atoms. The lowest BCUT2D eigenvalue weighted by Crippen LogP contribution is -2.28. The fourth-order valence-electron chi connectivity index (χ4n) is 1.09. The maximum atomic E-state index is 11.3. The van der Waals surface area contributed by atoms with Gasteiger partial charge in [0.2, 0.25) is 0 Å². The molecule has 0 atom stereocenters. The monoisotopic (exact) mass is 260 g/mol. The molecule has 1 N–H and O–H groups in total. The highest BCUT2D eigenvalue weighted by Crippen LogP contribution is 1.93. The topological polar surface area (TPSA) is 106 Å². The highest BCUT2D eigenvalue weighted by molar-refractivity contribution is 7.91. The van der Waals surface area contributed by atoms with Crippen molar-refractivity contribution in [3.63, 3.8) is 0 Å². The van der Waals surface area contributed by atoms with Gasteiger partial charge in [0.05, 0.1) is 12.3 Å². The van der Waals surface area contributed by atoms with E-state index in [1.54, 1.807) is 0 Å². The number of hydrogen-bond acceptors (Lipinski definition) is 5. The van der Waals surface area contributed by atoms with Gasteiger partial charge in [0.25, 0.3) is 5.56 Å². The Morgan fingerprint density at radius 2 is 2.12 bits per heavy atom. The first kappa shape index (κ1) is 13.4. The number of aromatic nitrogens is 2. The molecule has 0 bridgehead atoms. The van der Waals surface area contributed by atoms with Crippen LogP contribution in [0.15, 0.2) is 16.9 Å². The minimum Gasteiger partial charge on any atom is -0.476 e. The highest BCUT2D eigenvalue weighted by atomic mass is 32.2. The number of hydrogen-bond donors (Lipinski definition) is 1. The number of nitrogens with zero attached hydrogens (tertiary/aromatic N) is 2. The predicted molar refractivity (Wildman–Crippen MR) is 59.8 cm³/mol. The summed E-state index contributed by atoms with van der Waals surface area (Å²) in [5.41, 5.74) is -0.820. The Balaban J connectivity index is 2.95. The summed E-state index contributed by atoms with van der Waals surface area (Å²) < 4.78 is 23.3. The molecule has 0 amide bonds. The van der Waals surface area contributed by atoms with Gasteiger partial charge in [-0.05, 0) is 6.07 Å². The molecule has 8 heteroatoms. The zero-order valence-electron chi connectivity index (χ0n) is 9.16. The van der Waals surface area contributed by atoms with Gasteiger partial charge in [-0.3, -0.25) is 4.79 Å². The Kier molecular flexibility index (Phi) is 4.00. The SMILES string of the molecule is CCS(=O)(=O)CCn1nc(C(=O)O)ccc1=O. The Morgan fingerprint density at radius 1 is 1.47 bits per heavy atom. The molecule has 0 spiro atoms. The van der Waals surface area contributed by atoms with Crippen molar-refractivity contribution < 1.29 is 18.3 Å². The minimum atomic E-state index is -3.21. The third-order valence-electron chi connectivity index (χ3n) is 2.14. The van der Waals surface area contributed by atoms with Crippen molar-refractivity contribution in [3.05, 3.63) is 28.2 Å². The molecule has 0 saturated heterocycles. The van der Waals surface area contributed by atoms with Gasteiger partial charge in [-0.15, -0.1) is 0 Å². The standard InChI is InChI=1S/C9H12N2O5S/c1-2-17(15,16)6-5-11-8(12)4-3-7(10-11)9(13)14/h3-4H,2,5-6H2,1H3,(H,13,14). The summed E-state index contributed by atoms with van der Waals surface area (Å²) in [4.78, 5) is 21.9. The van der Waals surface area contributed by atoms with Crippen molar-refractivity contribution in [1.82, 2.24) is 9.78 Å². The number of carboxylic acid groups (broad SMARTS) is 1. The van der Waals surface area contributed by atoms with Crippen molar-refractivity contribution in [2.45, 2.75) is 13.5 Å². The molecular formula is C9H12N2O5S. The van der Waals surface area contributed by atoms with Crippen LogP contribution < -0.4 is 5.56 Å². The first-order valence-corrected chi connectivity index (χ1v) is 6.70. The number of aryl methyl sites for hydroxylation is 1. The lowest BCUT2D eigenvalue weighted by Gasteiger charge is -2.04. The molecule has 0 radical (unpaired) electrons. The lowest BCUT2D eigenvalue weighted by molar-refractivity contribution is 0.0687. The summed E-state index contributed by atoms with van der Waals surface area (Å²) in [6.45, 7) is 1.36. The maximum absolute atomic E-state index is 11.3. The van der Waals surface area contributed by atoms with Gasteiger partial charge in [-0.1, -0.05) is 6.92 Å². The number of aromatic carboxylic acids is 1. The summed E-state index contributed by atoms with van der Waals surface area (Å²) in [6.07, 6.45) is 0. The van der Waals surface area contributed by atoms with Gasteiger partial charge in [0, 0.05) is 11.8 Å². The highest BCUT2D eigenvalue weighted by Gasteiger charge is 2.11. The quantitative estimate of drug-likeness (QED) is 0.756. The summed E-state index contributed by atoms with van der Waals surface area (Å²) in [5.74, 6) is -1.53. The van der Waals surface area contributed by atoms with E-state index in [-0.39, 0.29) is 23.7 Å². The van der Waals surface area contributed by atoms with Crippen LogP contribution in [0.25, 0.3) is 0 Å². The van der Waals surface area contributed by atoms with Crippen molar-refractivity contribution in [2.24, 2.45) is 0 Å². The van der Waals surface area contributed by atoms with E-state index in [1.807, 2.05) is 0 Å². The molecule has 0 unspecified atom stereocenters. The third-order valence-corrected chi connectivity index (χ3v) is 3.82. The smallest absolute Gasteiger partial charge is 0.356 e. The van der Waals surface area contributed by atoms with Crippen LogP contribution in [-0.4, -0.2) is 40.8 Å². The van der Waals surface area contributed by atoms with Gasteiger partial charge in [-0.25, -0.2) is 17.9 Å². The van der Waals surface area contributed by atoms with E-state index < -0.39 is 21.4 Å². The zero-order valence-corrected chi connectivity index (χ0v) is 9.98.